The van der Waals surface area contributed by atoms with Gasteiger partial charge in [0.05, 0.1) is 12.2 Å². The van der Waals surface area contributed by atoms with Crippen molar-refractivity contribution in [2.24, 2.45) is 0 Å². The van der Waals surface area contributed by atoms with Crippen molar-refractivity contribution in [3.8, 4) is 5.75 Å². The first-order valence-corrected chi connectivity index (χ1v) is 9.71. The van der Waals surface area contributed by atoms with E-state index in [0.29, 0.717) is 12.4 Å². The first-order chi connectivity index (χ1) is 13.6. The maximum atomic E-state index is 12.4. The van der Waals surface area contributed by atoms with Crippen LogP contribution in [0, 0.1) is 0 Å². The zero-order valence-electron chi connectivity index (χ0n) is 14.6. The molecule has 4 rings (SSSR count). The normalized spacial score (nSPS) is 15.4. The largest absolute Gasteiger partial charge is 0.460 e. The van der Waals surface area contributed by atoms with Crippen LogP contribution in [-0.4, -0.2) is 11.0 Å². The number of pyridine rings is 1. The van der Waals surface area contributed by atoms with Crippen LogP contribution in [0.25, 0.3) is 0 Å². The third kappa shape index (κ3) is 4.04. The molecule has 0 amide bonds. The van der Waals surface area contributed by atoms with Crippen molar-refractivity contribution in [2.45, 2.75) is 19.5 Å². The molecule has 0 bridgehead atoms. The summed E-state index contributed by atoms with van der Waals surface area (Å²) >= 11 is 9.45. The van der Waals surface area contributed by atoms with Crippen molar-refractivity contribution >= 4 is 33.5 Å². The Hall–Kier alpha value is -2.41. The van der Waals surface area contributed by atoms with Gasteiger partial charge in [-0.05, 0) is 24.3 Å². The average Bonchev–Trinajstić information content (AvgIpc) is 2.72. The lowest BCUT2D eigenvalue weighted by Gasteiger charge is -2.28. The Bertz CT molecular complexity index is 1010. The standard InChI is InChI=1S/C21H15BrClNO4/c22-16-9-14(11-26-20(25)17-7-4-8-24-19(17)23)18-15(10-16)12-27-21(28-18)13-5-2-1-3-6-13/h1-10,21H,11-12H2/t21-/m0/s1. The molecule has 0 saturated carbocycles. The van der Waals surface area contributed by atoms with E-state index < -0.39 is 12.3 Å². The van der Waals surface area contributed by atoms with Gasteiger partial charge >= 0.3 is 5.97 Å². The number of hydrogen-bond acceptors (Lipinski definition) is 5. The monoisotopic (exact) mass is 459 g/mol. The summed E-state index contributed by atoms with van der Waals surface area (Å²) in [4.78, 5) is 16.3. The van der Waals surface area contributed by atoms with E-state index >= 15 is 0 Å². The molecule has 5 nitrogen and oxygen atoms in total. The molecule has 0 N–H and O–H groups in total. The number of halogens is 2. The molecule has 0 unspecified atom stereocenters. The molecule has 2 aromatic carbocycles. The predicted molar refractivity (Wildman–Crippen MR) is 107 cm³/mol. The van der Waals surface area contributed by atoms with Crippen molar-refractivity contribution in [3.63, 3.8) is 0 Å². The van der Waals surface area contributed by atoms with Gasteiger partial charge in [-0.1, -0.05) is 57.9 Å². The molecule has 142 valence electrons. The molecule has 1 aromatic heterocycles. The Labute approximate surface area is 175 Å². The van der Waals surface area contributed by atoms with Crippen LogP contribution in [0.15, 0.2) is 65.3 Å². The van der Waals surface area contributed by atoms with E-state index in [0.717, 1.165) is 21.2 Å². The Balaban J connectivity index is 1.56. The minimum Gasteiger partial charge on any atom is -0.460 e. The van der Waals surface area contributed by atoms with E-state index in [1.54, 1.807) is 12.1 Å². The first-order valence-electron chi connectivity index (χ1n) is 8.54. The summed E-state index contributed by atoms with van der Waals surface area (Å²) in [5.41, 5.74) is 2.76. The molecule has 28 heavy (non-hydrogen) atoms. The Morgan fingerprint density at radius 3 is 2.82 bits per heavy atom. The highest BCUT2D eigenvalue weighted by molar-refractivity contribution is 9.10. The minimum absolute atomic E-state index is 0.0351. The second kappa shape index (κ2) is 8.31. The molecule has 0 fully saturated rings. The molecule has 1 aliphatic heterocycles. The lowest BCUT2D eigenvalue weighted by atomic mass is 10.1. The highest BCUT2D eigenvalue weighted by Crippen LogP contribution is 2.38. The van der Waals surface area contributed by atoms with Crippen molar-refractivity contribution < 1.29 is 19.0 Å². The highest BCUT2D eigenvalue weighted by atomic mass is 79.9. The van der Waals surface area contributed by atoms with Crippen LogP contribution >= 0.6 is 27.5 Å². The second-order valence-corrected chi connectivity index (χ2v) is 7.42. The number of carbonyl (C=O) groups excluding carboxylic acids is 1. The van der Waals surface area contributed by atoms with Crippen LogP contribution in [0.2, 0.25) is 5.15 Å². The lowest BCUT2D eigenvalue weighted by Crippen LogP contribution is -2.19. The van der Waals surface area contributed by atoms with Crippen LogP contribution < -0.4 is 4.74 Å². The number of esters is 1. The Morgan fingerprint density at radius 1 is 1.21 bits per heavy atom. The van der Waals surface area contributed by atoms with Gasteiger partial charge in [0.2, 0.25) is 6.29 Å². The zero-order valence-corrected chi connectivity index (χ0v) is 16.9. The van der Waals surface area contributed by atoms with E-state index in [-0.39, 0.29) is 17.3 Å². The predicted octanol–water partition coefficient (Wildman–Crippen LogP) is 5.46. The number of benzene rings is 2. The second-order valence-electron chi connectivity index (χ2n) is 6.14. The third-order valence-corrected chi connectivity index (χ3v) is 4.99. The fraction of sp³-hybridized carbons (Fsp3) is 0.143. The lowest BCUT2D eigenvalue weighted by molar-refractivity contribution is -0.112. The van der Waals surface area contributed by atoms with Crippen LogP contribution in [0.3, 0.4) is 0 Å². The minimum atomic E-state index is -0.543. The van der Waals surface area contributed by atoms with E-state index in [2.05, 4.69) is 20.9 Å². The topological polar surface area (TPSA) is 57.7 Å². The van der Waals surface area contributed by atoms with Crippen LogP contribution in [0.4, 0.5) is 0 Å². The highest BCUT2D eigenvalue weighted by Gasteiger charge is 2.25. The maximum absolute atomic E-state index is 12.4. The molecule has 0 radical (unpaired) electrons. The van der Waals surface area contributed by atoms with Crippen molar-refractivity contribution in [3.05, 3.63) is 92.7 Å². The fourth-order valence-electron chi connectivity index (χ4n) is 2.92. The number of rotatable bonds is 4. The van der Waals surface area contributed by atoms with Gasteiger partial charge in [0.25, 0.3) is 0 Å². The fourth-order valence-corrected chi connectivity index (χ4v) is 3.67. The molecule has 0 spiro atoms. The molecule has 1 aliphatic rings. The first kappa shape index (κ1) is 18.9. The quantitative estimate of drug-likeness (QED) is 0.382. The summed E-state index contributed by atoms with van der Waals surface area (Å²) in [6, 6.07) is 16.7. The summed E-state index contributed by atoms with van der Waals surface area (Å²) in [5, 5.41) is 0.109. The molecular formula is C21H15BrClNO4. The smallest absolute Gasteiger partial charge is 0.341 e. The van der Waals surface area contributed by atoms with Crippen LogP contribution in [0.5, 0.6) is 5.75 Å². The number of hydrogen-bond donors (Lipinski definition) is 0. The molecule has 0 aliphatic carbocycles. The van der Waals surface area contributed by atoms with Crippen molar-refractivity contribution in [1.29, 1.82) is 0 Å². The average molecular weight is 461 g/mol. The number of aromatic nitrogens is 1. The summed E-state index contributed by atoms with van der Waals surface area (Å²) in [5.74, 6) is 0.117. The summed E-state index contributed by atoms with van der Waals surface area (Å²) in [6.45, 7) is 0.428. The van der Waals surface area contributed by atoms with Gasteiger partial charge in [0.1, 0.15) is 17.5 Å². The third-order valence-electron chi connectivity index (χ3n) is 4.23. The van der Waals surface area contributed by atoms with E-state index in [9.17, 15) is 4.79 Å². The zero-order chi connectivity index (χ0) is 19.5. The Morgan fingerprint density at radius 2 is 2.04 bits per heavy atom. The van der Waals surface area contributed by atoms with E-state index in [1.807, 2.05) is 42.5 Å². The van der Waals surface area contributed by atoms with Gasteiger partial charge in [-0.3, -0.25) is 0 Å². The number of nitrogens with zero attached hydrogens (tertiary/aromatic N) is 1. The summed E-state index contributed by atoms with van der Waals surface area (Å²) in [7, 11) is 0. The van der Waals surface area contributed by atoms with Crippen LogP contribution in [-0.2, 0) is 22.7 Å². The maximum Gasteiger partial charge on any atom is 0.341 e. The van der Waals surface area contributed by atoms with Crippen LogP contribution in [0.1, 0.15) is 33.3 Å². The van der Waals surface area contributed by atoms with Gasteiger partial charge in [0, 0.05) is 27.4 Å². The van der Waals surface area contributed by atoms with Gasteiger partial charge < -0.3 is 14.2 Å². The number of carbonyl (C=O) groups is 1. The van der Waals surface area contributed by atoms with Gasteiger partial charge in [0.15, 0.2) is 0 Å². The van der Waals surface area contributed by atoms with Gasteiger partial charge in [-0.15, -0.1) is 0 Å². The number of ether oxygens (including phenoxy) is 3. The van der Waals surface area contributed by atoms with Gasteiger partial charge in [-0.2, -0.15) is 0 Å². The molecule has 1 atom stereocenters. The van der Waals surface area contributed by atoms with E-state index in [4.69, 9.17) is 25.8 Å². The van der Waals surface area contributed by atoms with E-state index in [1.165, 1.54) is 6.20 Å². The summed E-state index contributed by atoms with van der Waals surface area (Å²) in [6.07, 6.45) is 0.999. The number of fused-ring (bicyclic) bond motifs is 1. The van der Waals surface area contributed by atoms with Gasteiger partial charge in [-0.25, -0.2) is 9.78 Å². The Kier molecular flexibility index (Phi) is 5.62. The molecule has 7 heteroatoms. The van der Waals surface area contributed by atoms with Crippen molar-refractivity contribution in [1.82, 2.24) is 4.98 Å². The van der Waals surface area contributed by atoms with Crippen molar-refractivity contribution in [2.75, 3.05) is 0 Å². The summed E-state index contributed by atoms with van der Waals surface area (Å²) < 4.78 is 18.2. The molecular weight excluding hydrogens is 446 g/mol. The molecule has 2 heterocycles. The molecule has 3 aromatic rings. The SMILES string of the molecule is O=C(OCc1cc(Br)cc2c1O[C@@H](c1ccccc1)OC2)c1cccnc1Cl. The molecule has 0 saturated heterocycles.